The summed E-state index contributed by atoms with van der Waals surface area (Å²) in [5, 5.41) is 3.51. The first-order valence-corrected chi connectivity index (χ1v) is 29.0. The number of alkyl halides is 4. The number of ether oxygens (including phenoxy) is 4. The number of fused-ring (bicyclic) bond motifs is 2. The maximum atomic E-state index is 15.5. The van der Waals surface area contributed by atoms with Gasteiger partial charge in [-0.05, 0) is 60.1 Å². The summed E-state index contributed by atoms with van der Waals surface area (Å²) >= 11 is 6.25. The van der Waals surface area contributed by atoms with E-state index < -0.39 is 59.6 Å². The van der Waals surface area contributed by atoms with Gasteiger partial charge < -0.3 is 39.8 Å². The SMILES string of the molecule is Cc1c(N2CC(C)(C)CC2=O)nc2cc(F)cc(F)c2c1Cl.Cc1c(N2CC(C)(C)CC2=O)nc2cc(F)cc(F)c2c1Nc1cc(N2CCOCC2)ncc1-c1ccc(OC(F)F)c(F)c1.Nc1cc(N2CCOCC2)ncc1-c1ccc(OC(F)F)c(F)c1. The number of anilines is 7. The zero-order valence-corrected chi connectivity index (χ0v) is 50.7. The lowest BCUT2D eigenvalue weighted by atomic mass is 9.93. The highest BCUT2D eigenvalue weighted by Gasteiger charge is 2.40. The largest absolute Gasteiger partial charge is 0.432 e. The van der Waals surface area contributed by atoms with E-state index in [1.807, 2.05) is 37.5 Å². The second kappa shape index (κ2) is 26.6. The first-order valence-electron chi connectivity index (χ1n) is 28.7. The Hall–Kier alpha value is -8.75. The van der Waals surface area contributed by atoms with Crippen LogP contribution in [0.2, 0.25) is 5.02 Å². The van der Waals surface area contributed by atoms with Gasteiger partial charge in [0.25, 0.3) is 0 Å². The Morgan fingerprint density at radius 1 is 0.582 bits per heavy atom. The van der Waals surface area contributed by atoms with Crippen molar-refractivity contribution in [3.63, 3.8) is 0 Å². The number of carbonyl (C=O) groups excluding carboxylic acids is 2. The molecular weight excluding hydrogens is 1230 g/mol. The second-order valence-corrected chi connectivity index (χ2v) is 24.0. The average Bonchev–Trinajstić information content (AvgIpc) is 1.74. The Morgan fingerprint density at radius 2 is 1.02 bits per heavy atom. The third-order valence-corrected chi connectivity index (χ3v) is 16.0. The van der Waals surface area contributed by atoms with Gasteiger partial charge in [0, 0.05) is 129 Å². The molecule has 0 radical (unpaired) electrons. The summed E-state index contributed by atoms with van der Waals surface area (Å²) in [6, 6.07) is 14.4. The molecule has 0 spiro atoms. The fourth-order valence-electron chi connectivity index (χ4n) is 11.2. The molecule has 3 N–H and O–H groups in total. The third-order valence-electron chi connectivity index (χ3n) is 15.6. The Morgan fingerprint density at radius 3 is 1.47 bits per heavy atom. The van der Waals surface area contributed by atoms with Gasteiger partial charge in [-0.1, -0.05) is 51.4 Å². The number of nitrogens with zero attached hydrogens (tertiary/aromatic N) is 8. The zero-order valence-electron chi connectivity index (χ0n) is 50.0. The van der Waals surface area contributed by atoms with E-state index in [-0.39, 0.29) is 73.0 Å². The number of nitrogens with one attached hydrogen (secondary N) is 1. The molecule has 8 aromatic rings. The molecule has 4 aliphatic heterocycles. The van der Waals surface area contributed by atoms with Crippen molar-refractivity contribution in [3.05, 3.63) is 136 Å². The minimum atomic E-state index is -3.21. The number of hydrogen-bond donors (Lipinski definition) is 2. The number of aromatic nitrogens is 4. The van der Waals surface area contributed by atoms with Gasteiger partial charge in [-0.15, -0.1) is 0 Å². The highest BCUT2D eigenvalue weighted by molar-refractivity contribution is 6.36. The molecule has 0 bridgehead atoms. The molecule has 0 aliphatic carbocycles. The maximum Gasteiger partial charge on any atom is 0.387 e. The molecule has 4 aliphatic rings. The summed E-state index contributed by atoms with van der Waals surface area (Å²) in [4.78, 5) is 50.1. The highest BCUT2D eigenvalue weighted by atomic mass is 35.5. The van der Waals surface area contributed by atoms with Crippen molar-refractivity contribution < 1.29 is 72.4 Å². The number of nitrogen functional groups attached to an aromatic ring is 1. The maximum absolute atomic E-state index is 15.5. The molecule has 27 heteroatoms. The fourth-order valence-corrected chi connectivity index (χ4v) is 11.5. The van der Waals surface area contributed by atoms with Gasteiger partial charge >= 0.3 is 13.2 Å². The normalized spacial score (nSPS) is 16.4. The van der Waals surface area contributed by atoms with Gasteiger partial charge in [-0.2, -0.15) is 17.6 Å². The summed E-state index contributed by atoms with van der Waals surface area (Å²) in [7, 11) is 0. The van der Waals surface area contributed by atoms with E-state index >= 15 is 4.39 Å². The number of halogens is 11. The molecule has 480 valence electrons. The number of carbonyl (C=O) groups is 2. The van der Waals surface area contributed by atoms with E-state index in [4.69, 9.17) is 26.8 Å². The van der Waals surface area contributed by atoms with Crippen LogP contribution in [0.5, 0.6) is 11.5 Å². The molecule has 0 unspecified atom stereocenters. The van der Waals surface area contributed by atoms with Crippen LogP contribution < -0.4 is 40.1 Å². The Kier molecular flexibility index (Phi) is 19.1. The predicted molar refractivity (Wildman–Crippen MR) is 326 cm³/mol. The van der Waals surface area contributed by atoms with Crippen molar-refractivity contribution in [1.29, 1.82) is 0 Å². The molecule has 2 amide bonds. The number of hydrogen-bond acceptors (Lipinski definition) is 14. The van der Waals surface area contributed by atoms with Crippen molar-refractivity contribution in [2.24, 2.45) is 10.8 Å². The van der Waals surface area contributed by atoms with E-state index in [2.05, 4.69) is 34.7 Å². The smallest absolute Gasteiger partial charge is 0.387 e. The van der Waals surface area contributed by atoms with Gasteiger partial charge in [-0.3, -0.25) is 19.4 Å². The standard InChI is InChI=1S/C32H30F5N5O3.C16H15ClF2N2O.C16H16F3N3O2/c1-17-29(28-22(35)11-19(33)12-24(28)40-30(17)42-16-32(2,3)14-27(42)43)39-23-13-26(41-6-8-44-9-7-41)38-15-20(23)18-4-5-25(21(34)10-18)45-31(36)37;1-8-14(17)13-10(19)4-9(18)5-11(13)20-15(8)21-7-16(2,3)6-12(21)22;17-12-7-10(1-2-14(12)24-16(18)19)11-9-21-15(8-13(11)20)22-3-5-23-6-4-22/h4-5,10-13,15,31H,6-9,14,16H2,1-3H3,(H,38,39,40);4-5H,6-7H2,1-3H3;1-2,7-9,16H,3-6H2,(H2,20,21). The third kappa shape index (κ3) is 14.6. The topological polar surface area (TPSA) is 174 Å². The monoisotopic (exact) mass is 1290 g/mol. The molecule has 4 fully saturated rings. The van der Waals surface area contributed by atoms with Crippen LogP contribution in [-0.2, 0) is 19.1 Å². The van der Waals surface area contributed by atoms with Crippen LogP contribution >= 0.6 is 11.6 Å². The van der Waals surface area contributed by atoms with E-state index in [9.17, 15) is 49.1 Å². The number of benzene rings is 4. The lowest BCUT2D eigenvalue weighted by Gasteiger charge is -2.29. The van der Waals surface area contributed by atoms with Crippen molar-refractivity contribution in [2.45, 2.75) is 67.6 Å². The highest BCUT2D eigenvalue weighted by Crippen LogP contribution is 2.44. The summed E-state index contributed by atoms with van der Waals surface area (Å²) in [6.07, 6.45) is 3.72. The van der Waals surface area contributed by atoms with Crippen LogP contribution in [0.25, 0.3) is 44.1 Å². The molecule has 4 saturated heterocycles. The first-order chi connectivity index (χ1) is 43.1. The summed E-state index contributed by atoms with van der Waals surface area (Å²) in [6.45, 7) is 10.6. The quantitative estimate of drug-likeness (QED) is 0.111. The van der Waals surface area contributed by atoms with E-state index in [0.717, 1.165) is 67.4 Å². The van der Waals surface area contributed by atoms with Crippen molar-refractivity contribution >= 4 is 85.6 Å². The lowest BCUT2D eigenvalue weighted by molar-refractivity contribution is -0.118. The lowest BCUT2D eigenvalue weighted by Crippen LogP contribution is -2.36. The van der Waals surface area contributed by atoms with Crippen LogP contribution in [0.15, 0.2) is 85.2 Å². The summed E-state index contributed by atoms with van der Waals surface area (Å²) in [5.74, 6) is -4.53. The van der Waals surface area contributed by atoms with E-state index in [1.54, 1.807) is 37.1 Å². The molecule has 91 heavy (non-hydrogen) atoms. The van der Waals surface area contributed by atoms with Crippen molar-refractivity contribution in [3.8, 4) is 33.8 Å². The van der Waals surface area contributed by atoms with Crippen LogP contribution in [0.1, 0.15) is 51.7 Å². The Bertz CT molecular complexity index is 4100. The molecule has 0 atom stereocenters. The summed E-state index contributed by atoms with van der Waals surface area (Å²) in [5.41, 5.74) is 9.23. The number of rotatable bonds is 12. The van der Waals surface area contributed by atoms with Crippen molar-refractivity contribution in [1.82, 2.24) is 19.9 Å². The van der Waals surface area contributed by atoms with Crippen LogP contribution in [-0.4, -0.2) is 111 Å². The van der Waals surface area contributed by atoms with Crippen molar-refractivity contribution in [2.75, 3.05) is 96.3 Å². The summed E-state index contributed by atoms with van der Waals surface area (Å²) < 4.78 is 155. The molecule has 12 rings (SSSR count). The minimum Gasteiger partial charge on any atom is -0.432 e. The molecule has 4 aromatic carbocycles. The van der Waals surface area contributed by atoms with E-state index in [1.165, 1.54) is 23.2 Å². The number of amides is 2. The number of pyridine rings is 4. The number of nitrogens with two attached hydrogens (primary N) is 1. The van der Waals surface area contributed by atoms with Crippen LogP contribution in [0.3, 0.4) is 0 Å². The number of morpholine rings is 2. The Labute approximate surface area is 520 Å². The van der Waals surface area contributed by atoms with Gasteiger partial charge in [0.15, 0.2) is 23.1 Å². The van der Waals surface area contributed by atoms with Crippen LogP contribution in [0, 0.1) is 59.6 Å². The van der Waals surface area contributed by atoms with Crippen LogP contribution in [0.4, 0.5) is 84.2 Å². The predicted octanol–water partition coefficient (Wildman–Crippen LogP) is 14.1. The van der Waals surface area contributed by atoms with Gasteiger partial charge in [-0.25, -0.2) is 46.3 Å². The molecule has 16 nitrogen and oxygen atoms in total. The first kappa shape index (κ1) is 65.2. The minimum absolute atomic E-state index is 0.00309. The molecular formula is C64H61ClF10N10O6. The van der Waals surface area contributed by atoms with Gasteiger partial charge in [0.05, 0.1) is 64.6 Å². The Balaban J connectivity index is 0.000000166. The van der Waals surface area contributed by atoms with E-state index in [0.29, 0.717) is 110 Å². The molecule has 0 saturated carbocycles. The van der Waals surface area contributed by atoms with Gasteiger partial charge in [0.2, 0.25) is 11.8 Å². The second-order valence-electron chi connectivity index (χ2n) is 23.6. The molecule has 8 heterocycles. The zero-order chi connectivity index (χ0) is 65.4. The fraction of sp³-hybridized carbons (Fsp3) is 0.344. The average molecular weight is 1290 g/mol. The molecule has 4 aromatic heterocycles. The van der Waals surface area contributed by atoms with Gasteiger partial charge in [0.1, 0.15) is 46.5 Å².